The van der Waals surface area contributed by atoms with Crippen LogP contribution in [-0.4, -0.2) is 0 Å². The quantitative estimate of drug-likeness (QED) is 0.176. The normalized spacial score (nSPS) is 17.1. The van der Waals surface area contributed by atoms with Gasteiger partial charge in [-0.2, -0.15) is 0 Å². The molecule has 12 aromatic carbocycles. The van der Waals surface area contributed by atoms with Crippen LogP contribution in [0.3, 0.4) is 0 Å². The molecular weight excluding hydrogens is 1070 g/mol. The van der Waals surface area contributed by atoms with Crippen molar-refractivity contribution in [2.75, 3.05) is 9.80 Å². The van der Waals surface area contributed by atoms with Crippen LogP contribution in [0.5, 0.6) is 0 Å². The molecule has 0 N–H and O–H groups in total. The lowest BCUT2D eigenvalue weighted by Gasteiger charge is -2.42. The molecule has 0 fully saturated rings. The van der Waals surface area contributed by atoms with Crippen molar-refractivity contribution in [3.8, 4) is 44.5 Å². The van der Waals surface area contributed by atoms with Crippen molar-refractivity contribution in [3.05, 3.63) is 275 Å². The Morgan fingerprint density at radius 1 is 0.295 bits per heavy atom. The smallest absolute Gasteiger partial charge is 0.141 e. The molecule has 0 saturated heterocycles. The van der Waals surface area contributed by atoms with E-state index < -0.39 is 5.41 Å². The Morgan fingerprint density at radius 2 is 0.739 bits per heavy atom. The van der Waals surface area contributed by atoms with Crippen LogP contribution in [0.25, 0.3) is 110 Å². The van der Waals surface area contributed by atoms with E-state index in [0.717, 1.165) is 94.3 Å². The fraction of sp³-hybridized carbons (Fsp3) is 0.133. The van der Waals surface area contributed by atoms with E-state index in [1.807, 2.05) is 0 Å². The third-order valence-corrected chi connectivity index (χ3v) is 21.8. The van der Waals surface area contributed by atoms with E-state index in [1.165, 1.54) is 100 Å². The summed E-state index contributed by atoms with van der Waals surface area (Å²) in [6.07, 6.45) is 0. The number of benzene rings is 12. The molecule has 5 nitrogen and oxygen atoms in total. The SMILES string of the molecule is CC1(C)c2ccccc2-c2ccc(N(c3ccc4c(c3)oc3cc5c(cc34)oc3cc4c(cc35)oc3c5c(ccc34)N(c3ccc4c(c3)C(C)(C)c3ccccc3-4)c3cccc4c3C5(C)c3ccccc3-4)c3cccc4c3C(C)(C)c3ccccc3-4)cc21. The largest absolute Gasteiger partial charge is 0.456 e. The van der Waals surface area contributed by atoms with Crippen molar-refractivity contribution < 1.29 is 13.3 Å². The maximum absolute atomic E-state index is 7.42. The molecule has 0 spiro atoms. The zero-order valence-corrected chi connectivity index (χ0v) is 50.0. The van der Waals surface area contributed by atoms with Crippen LogP contribution in [0.15, 0.2) is 238 Å². The highest BCUT2D eigenvalue weighted by molar-refractivity contribution is 6.20. The van der Waals surface area contributed by atoms with Crippen molar-refractivity contribution in [1.82, 2.24) is 0 Å². The zero-order valence-electron chi connectivity index (χ0n) is 50.0. The molecule has 20 rings (SSSR count). The molecule has 418 valence electrons. The molecule has 5 aliphatic rings. The molecule has 1 aliphatic heterocycles. The first-order valence-electron chi connectivity index (χ1n) is 31.0. The van der Waals surface area contributed by atoms with E-state index in [2.05, 4.69) is 283 Å². The highest BCUT2D eigenvalue weighted by Crippen LogP contribution is 2.65. The van der Waals surface area contributed by atoms with Crippen molar-refractivity contribution >= 4 is 99.9 Å². The Hall–Kier alpha value is -10.4. The Morgan fingerprint density at radius 3 is 1.40 bits per heavy atom. The van der Waals surface area contributed by atoms with Gasteiger partial charge in [0.2, 0.25) is 0 Å². The molecule has 0 radical (unpaired) electrons. The first-order valence-corrected chi connectivity index (χ1v) is 31.0. The molecule has 1 unspecified atom stereocenters. The summed E-state index contributed by atoms with van der Waals surface area (Å²) in [6, 6.07) is 83.7. The molecule has 3 aromatic heterocycles. The minimum absolute atomic E-state index is 0.153. The van der Waals surface area contributed by atoms with Crippen LogP contribution in [0.4, 0.5) is 34.1 Å². The maximum Gasteiger partial charge on any atom is 0.141 e. The molecular formula is C83H58N2O3. The second kappa shape index (κ2) is 16.2. The lowest BCUT2D eigenvalue weighted by atomic mass is 9.70. The van der Waals surface area contributed by atoms with Crippen LogP contribution in [0.2, 0.25) is 0 Å². The highest BCUT2D eigenvalue weighted by Gasteiger charge is 2.51. The predicted octanol–water partition coefficient (Wildman–Crippen LogP) is 22.9. The molecule has 0 saturated carbocycles. The van der Waals surface area contributed by atoms with E-state index in [9.17, 15) is 0 Å². The Labute approximate surface area is 509 Å². The van der Waals surface area contributed by atoms with Crippen molar-refractivity contribution in [2.24, 2.45) is 0 Å². The number of nitrogens with zero attached hydrogens (tertiary/aromatic N) is 2. The fourth-order valence-electron chi connectivity index (χ4n) is 17.7. The Bertz CT molecular complexity index is 5720. The van der Waals surface area contributed by atoms with Gasteiger partial charge in [-0.15, -0.1) is 0 Å². The van der Waals surface area contributed by atoms with Gasteiger partial charge in [-0.25, -0.2) is 0 Å². The minimum Gasteiger partial charge on any atom is -0.456 e. The average Bonchev–Trinajstić information content (AvgIpc) is 1.47. The summed E-state index contributed by atoms with van der Waals surface area (Å²) in [7, 11) is 0. The van der Waals surface area contributed by atoms with Crippen LogP contribution < -0.4 is 9.80 Å². The van der Waals surface area contributed by atoms with Crippen LogP contribution in [0, 0.1) is 0 Å². The number of furan rings is 3. The number of rotatable bonds is 4. The first-order chi connectivity index (χ1) is 42.8. The van der Waals surface area contributed by atoms with E-state index in [0.29, 0.717) is 0 Å². The van der Waals surface area contributed by atoms with Gasteiger partial charge in [0, 0.05) is 77.3 Å². The summed E-state index contributed by atoms with van der Waals surface area (Å²) >= 11 is 0. The van der Waals surface area contributed by atoms with E-state index in [1.54, 1.807) is 0 Å². The number of hydrogen-bond donors (Lipinski definition) is 0. The second-order valence-corrected chi connectivity index (χ2v) is 27.2. The van der Waals surface area contributed by atoms with Gasteiger partial charge in [0.1, 0.15) is 33.5 Å². The van der Waals surface area contributed by atoms with Crippen LogP contribution in [-0.2, 0) is 21.7 Å². The maximum atomic E-state index is 7.42. The summed E-state index contributed by atoms with van der Waals surface area (Å²) < 4.78 is 21.5. The van der Waals surface area contributed by atoms with Gasteiger partial charge in [0.25, 0.3) is 0 Å². The average molecular weight is 1130 g/mol. The summed E-state index contributed by atoms with van der Waals surface area (Å²) in [6.45, 7) is 16.6. The fourth-order valence-corrected chi connectivity index (χ4v) is 17.7. The van der Waals surface area contributed by atoms with Gasteiger partial charge in [-0.05, 0) is 181 Å². The molecule has 0 bridgehead atoms. The lowest BCUT2D eigenvalue weighted by molar-refractivity contribution is 0.634. The zero-order chi connectivity index (χ0) is 58.6. The topological polar surface area (TPSA) is 45.9 Å². The lowest BCUT2D eigenvalue weighted by Crippen LogP contribution is -2.32. The second-order valence-electron chi connectivity index (χ2n) is 27.2. The van der Waals surface area contributed by atoms with Crippen molar-refractivity contribution in [3.63, 3.8) is 0 Å². The molecule has 1 atom stereocenters. The molecule has 0 amide bonds. The van der Waals surface area contributed by atoms with Gasteiger partial charge < -0.3 is 23.1 Å². The predicted molar refractivity (Wildman–Crippen MR) is 361 cm³/mol. The summed E-state index contributed by atoms with van der Waals surface area (Å²) in [4.78, 5) is 4.98. The summed E-state index contributed by atoms with van der Waals surface area (Å²) in [5, 5.41) is 6.12. The van der Waals surface area contributed by atoms with Gasteiger partial charge >= 0.3 is 0 Å². The number of hydrogen-bond acceptors (Lipinski definition) is 5. The van der Waals surface area contributed by atoms with Gasteiger partial charge in [0.05, 0.1) is 22.5 Å². The molecule has 4 heterocycles. The summed E-state index contributed by atoms with van der Waals surface area (Å²) in [5.41, 5.74) is 32.9. The highest BCUT2D eigenvalue weighted by atomic mass is 16.3. The van der Waals surface area contributed by atoms with E-state index in [4.69, 9.17) is 13.3 Å². The molecule has 5 heteroatoms. The molecule has 88 heavy (non-hydrogen) atoms. The van der Waals surface area contributed by atoms with E-state index >= 15 is 0 Å². The van der Waals surface area contributed by atoms with E-state index in [-0.39, 0.29) is 16.2 Å². The Balaban J connectivity index is 0.747. The molecule has 4 aliphatic carbocycles. The Kier molecular flexibility index (Phi) is 8.98. The van der Waals surface area contributed by atoms with Gasteiger partial charge in [0.15, 0.2) is 0 Å². The van der Waals surface area contributed by atoms with Crippen LogP contribution in [0.1, 0.15) is 98.5 Å². The molecule has 15 aromatic rings. The number of fused-ring (bicyclic) bond motifs is 24. The number of anilines is 6. The minimum atomic E-state index is -0.502. The third kappa shape index (κ3) is 5.88. The van der Waals surface area contributed by atoms with Crippen molar-refractivity contribution in [2.45, 2.75) is 70.1 Å². The first kappa shape index (κ1) is 48.8. The van der Waals surface area contributed by atoms with Gasteiger partial charge in [-0.3, -0.25) is 0 Å². The van der Waals surface area contributed by atoms with Gasteiger partial charge in [-0.1, -0.05) is 175 Å². The van der Waals surface area contributed by atoms with Crippen molar-refractivity contribution in [1.29, 1.82) is 0 Å². The third-order valence-electron chi connectivity index (χ3n) is 21.8. The van der Waals surface area contributed by atoms with Crippen LogP contribution >= 0.6 is 0 Å². The summed E-state index contributed by atoms with van der Waals surface area (Å²) in [5.74, 6) is 0. The monoisotopic (exact) mass is 1130 g/mol. The standard InChI is InChI=1S/C83H58N2O3/c1-80(2)62-24-12-8-18-48(62)52-33-30-45(38-66(52)80)84(68-28-16-22-55-50-20-10-14-26-64(50)82(5,6)76(55)68)47-32-35-54-58-41-73-60(43-72(58)86-71(54)40-47)61-44-75-59(42-74(61)87-73)57-36-37-70-78(79(57)88-75)83(7)65-27-15-11-21-51(65)56-23-17-29-69(77(56)83)85(70)46-31-34-53-49-19-9-13-25-63(49)81(3,4)67(53)39-46/h8-44H,1-7H3.